The van der Waals surface area contributed by atoms with E-state index < -0.39 is 105 Å². The van der Waals surface area contributed by atoms with Gasteiger partial charge in [-0.2, -0.15) is 0 Å². The number of carbonyl (C=O) groups excluding carboxylic acids is 5. The van der Waals surface area contributed by atoms with E-state index in [1.807, 2.05) is 13.8 Å². The van der Waals surface area contributed by atoms with Crippen molar-refractivity contribution in [3.05, 3.63) is 24.2 Å². The number of hydrogen-bond donors (Lipinski definition) is 0. The quantitative estimate of drug-likeness (QED) is 0.327. The number of carbonyl (C=O) groups is 5. The Kier molecular flexibility index (Phi) is 5.81. The molecule has 3 spiro atoms. The van der Waals surface area contributed by atoms with Gasteiger partial charge in [0.25, 0.3) is 5.97 Å². The minimum atomic E-state index is -2.01. The van der Waals surface area contributed by atoms with Crippen molar-refractivity contribution in [2.75, 3.05) is 6.61 Å². The lowest BCUT2D eigenvalue weighted by molar-refractivity contribution is -0.485. The maximum Gasteiger partial charge on any atom is 0.306 e. The molecule has 13 atom stereocenters. The number of ether oxygens (including phenoxy) is 8. The van der Waals surface area contributed by atoms with Gasteiger partial charge in [0.05, 0.1) is 24.4 Å². The average Bonchev–Trinajstić information content (AvgIpc) is 3.73. The van der Waals surface area contributed by atoms with Gasteiger partial charge in [0.1, 0.15) is 29.5 Å². The molecule has 0 amide bonds. The van der Waals surface area contributed by atoms with Crippen LogP contribution in [0.5, 0.6) is 0 Å². The first kappa shape index (κ1) is 31.5. The van der Waals surface area contributed by atoms with Crippen molar-refractivity contribution in [2.24, 2.45) is 28.1 Å². The monoisotopic (exact) mass is 684 g/mol. The van der Waals surface area contributed by atoms with Gasteiger partial charge in [0, 0.05) is 55.9 Å². The molecule has 4 saturated carbocycles. The summed E-state index contributed by atoms with van der Waals surface area (Å²) in [5.41, 5.74) is -9.33. The van der Waals surface area contributed by atoms with Crippen molar-refractivity contribution >= 4 is 29.8 Å². The maximum atomic E-state index is 13.8. The van der Waals surface area contributed by atoms with E-state index in [4.69, 9.17) is 42.3 Å². The van der Waals surface area contributed by atoms with Crippen molar-refractivity contribution in [1.29, 1.82) is 0 Å². The standard InChI is InChI=1S/C35H40O14/c1-7-22(38)45-27-34-21-13-24(40)44-25(19-8-11-41-14-19)28(21,4)9-10-32(34)31-16-42-23(39)12-20(31)29(5)15-33(31,48-30(6,47-32)49-34)35(27,46-18(3)37)26(29)43-17(2)36/h8,11,14,20-21,25-27H,7,9-10,12-13,15-16H2,1-6H3. The SMILES string of the molecule is CCC(=O)OC1C23OC4(C)OC2(CCC2(C)C(c5ccoc5)OC(=O)CC23)C23COC(=O)CC2C2(C)CC3(O4)C1(OC(C)=O)C2OC(C)=O. The molecule has 4 bridgehead atoms. The normalized spacial score (nSPS) is 52.3. The van der Waals surface area contributed by atoms with Crippen LogP contribution in [0.15, 0.2) is 23.0 Å². The van der Waals surface area contributed by atoms with Crippen LogP contribution < -0.4 is 0 Å². The molecule has 5 heterocycles. The molecule has 1 aromatic rings. The van der Waals surface area contributed by atoms with Crippen LogP contribution in [0.1, 0.15) is 91.7 Å². The topological polar surface area (TPSA) is 172 Å². The zero-order chi connectivity index (χ0) is 34.8. The molecule has 9 rings (SSSR count). The van der Waals surface area contributed by atoms with Gasteiger partial charge >= 0.3 is 29.8 Å². The summed E-state index contributed by atoms with van der Waals surface area (Å²) >= 11 is 0. The molecule has 8 aliphatic rings. The predicted octanol–water partition coefficient (Wildman–Crippen LogP) is 3.19. The molecule has 49 heavy (non-hydrogen) atoms. The second-order valence-corrected chi connectivity index (χ2v) is 16.0. The van der Waals surface area contributed by atoms with Crippen molar-refractivity contribution in [3.8, 4) is 0 Å². The molecule has 4 saturated heterocycles. The van der Waals surface area contributed by atoms with Gasteiger partial charge in [-0.3, -0.25) is 24.0 Å². The fourth-order valence-electron chi connectivity index (χ4n) is 13.0. The van der Waals surface area contributed by atoms with E-state index >= 15 is 0 Å². The lowest BCUT2D eigenvalue weighted by Gasteiger charge is -2.77. The molecule has 1 aromatic heterocycles. The Labute approximate surface area is 281 Å². The number of fused-ring (bicyclic) bond motifs is 4. The van der Waals surface area contributed by atoms with Crippen LogP contribution in [0.4, 0.5) is 0 Å². The molecule has 0 N–H and O–H groups in total. The Morgan fingerprint density at radius 3 is 2.29 bits per heavy atom. The number of furan rings is 1. The molecular weight excluding hydrogens is 644 g/mol. The largest absolute Gasteiger partial charge is 0.472 e. The van der Waals surface area contributed by atoms with Gasteiger partial charge in [-0.05, 0) is 31.2 Å². The highest BCUT2D eigenvalue weighted by atomic mass is 16.9. The Morgan fingerprint density at radius 1 is 0.878 bits per heavy atom. The molecule has 14 heteroatoms. The first-order valence-electron chi connectivity index (χ1n) is 17.1. The average molecular weight is 685 g/mol. The first-order valence-corrected chi connectivity index (χ1v) is 17.1. The lowest BCUT2D eigenvalue weighted by Crippen LogP contribution is -2.95. The van der Waals surface area contributed by atoms with Gasteiger partial charge in [-0.25, -0.2) is 0 Å². The van der Waals surface area contributed by atoms with Gasteiger partial charge in [-0.1, -0.05) is 20.8 Å². The van der Waals surface area contributed by atoms with Gasteiger partial charge in [0.2, 0.25) is 5.60 Å². The third-order valence-corrected chi connectivity index (χ3v) is 13.9. The molecule has 0 radical (unpaired) electrons. The number of rotatable bonds is 5. The second-order valence-electron chi connectivity index (χ2n) is 16.0. The van der Waals surface area contributed by atoms with Crippen molar-refractivity contribution in [3.63, 3.8) is 0 Å². The van der Waals surface area contributed by atoms with Crippen LogP contribution in [-0.4, -0.2) is 77.0 Å². The zero-order valence-electron chi connectivity index (χ0n) is 28.3. The van der Waals surface area contributed by atoms with Crippen LogP contribution in [0.25, 0.3) is 0 Å². The molecule has 13 unspecified atom stereocenters. The number of hydrogen-bond acceptors (Lipinski definition) is 14. The third-order valence-electron chi connectivity index (χ3n) is 13.9. The number of cyclic esters (lactones) is 2. The van der Waals surface area contributed by atoms with E-state index in [1.54, 1.807) is 19.9 Å². The second kappa shape index (κ2) is 9.05. The van der Waals surface area contributed by atoms with E-state index in [1.165, 1.54) is 26.4 Å². The highest BCUT2D eigenvalue weighted by Gasteiger charge is 3.06. The van der Waals surface area contributed by atoms with E-state index in [2.05, 4.69) is 0 Å². The minimum Gasteiger partial charge on any atom is -0.472 e. The van der Waals surface area contributed by atoms with Gasteiger partial charge in [-0.15, -0.1) is 0 Å². The van der Waals surface area contributed by atoms with Crippen molar-refractivity contribution in [1.82, 2.24) is 0 Å². The van der Waals surface area contributed by atoms with Gasteiger partial charge in [0.15, 0.2) is 12.2 Å². The van der Waals surface area contributed by atoms with Crippen molar-refractivity contribution in [2.45, 2.75) is 127 Å². The van der Waals surface area contributed by atoms with Crippen LogP contribution >= 0.6 is 0 Å². The number of esters is 5. The van der Waals surface area contributed by atoms with E-state index in [0.29, 0.717) is 18.4 Å². The summed E-state index contributed by atoms with van der Waals surface area (Å²) in [5.74, 6) is -6.19. The van der Waals surface area contributed by atoms with E-state index in [-0.39, 0.29) is 32.3 Å². The molecule has 8 fully saturated rings. The lowest BCUT2D eigenvalue weighted by atomic mass is 9.33. The van der Waals surface area contributed by atoms with Crippen LogP contribution in [0.2, 0.25) is 0 Å². The van der Waals surface area contributed by atoms with E-state index in [9.17, 15) is 24.0 Å². The molecule has 264 valence electrons. The fraction of sp³-hybridized carbons (Fsp3) is 0.743. The summed E-state index contributed by atoms with van der Waals surface area (Å²) in [6.45, 7) is 9.47. The van der Waals surface area contributed by atoms with Crippen LogP contribution in [-0.2, 0) is 61.9 Å². The molecule has 0 aromatic carbocycles. The Hall–Kier alpha value is -3.49. The Bertz CT molecular complexity index is 1720. The van der Waals surface area contributed by atoms with Crippen molar-refractivity contribution < 1.29 is 66.3 Å². The Balaban J connectivity index is 1.42. The summed E-state index contributed by atoms with van der Waals surface area (Å²) in [7, 11) is 0. The van der Waals surface area contributed by atoms with Gasteiger partial charge < -0.3 is 42.3 Å². The molecule has 4 aliphatic heterocycles. The third kappa shape index (κ3) is 3.08. The maximum absolute atomic E-state index is 13.8. The zero-order valence-corrected chi connectivity index (χ0v) is 28.3. The summed E-state index contributed by atoms with van der Waals surface area (Å²) in [6, 6.07) is 1.74. The first-order chi connectivity index (χ1) is 23.0. The summed E-state index contributed by atoms with van der Waals surface area (Å²) in [5, 5.41) is 0. The smallest absolute Gasteiger partial charge is 0.306 e. The minimum absolute atomic E-state index is 0.0514. The van der Waals surface area contributed by atoms with E-state index in [0.717, 1.165) is 0 Å². The molecule has 4 aliphatic carbocycles. The van der Waals surface area contributed by atoms with Crippen LogP contribution in [0.3, 0.4) is 0 Å². The van der Waals surface area contributed by atoms with Crippen LogP contribution in [0, 0.1) is 28.1 Å². The summed E-state index contributed by atoms with van der Waals surface area (Å²) < 4.78 is 58.4. The highest BCUT2D eigenvalue weighted by molar-refractivity contribution is 5.76. The predicted molar refractivity (Wildman–Crippen MR) is 157 cm³/mol. The molecule has 14 nitrogen and oxygen atoms in total. The highest BCUT2D eigenvalue weighted by Crippen LogP contribution is 2.90. The molecular formula is C35H40O14. The fourth-order valence-corrected chi connectivity index (χ4v) is 13.0. The summed E-state index contributed by atoms with van der Waals surface area (Å²) in [6.07, 6.45) is 0.0957. The summed E-state index contributed by atoms with van der Waals surface area (Å²) in [4.78, 5) is 67.5. The Morgan fingerprint density at radius 2 is 1.61 bits per heavy atom.